The standard InChI is InChI=1S/C12H18N6/c1-16-4-2-5-17(8-7-16)12-11-14-3-6-18(11)9-10(13)15-12/h3,6,9H,2,4-5,7-8,13H2,1H3. The van der Waals surface area contributed by atoms with Gasteiger partial charge in [-0.15, -0.1) is 0 Å². The molecule has 1 aliphatic heterocycles. The van der Waals surface area contributed by atoms with E-state index in [-0.39, 0.29) is 0 Å². The lowest BCUT2D eigenvalue weighted by Gasteiger charge is -2.22. The van der Waals surface area contributed by atoms with Gasteiger partial charge >= 0.3 is 0 Å². The minimum Gasteiger partial charge on any atom is -0.382 e. The summed E-state index contributed by atoms with van der Waals surface area (Å²) in [6.07, 6.45) is 6.63. The highest BCUT2D eigenvalue weighted by molar-refractivity contribution is 5.66. The molecular formula is C12H18N6. The van der Waals surface area contributed by atoms with E-state index in [1.54, 1.807) is 12.4 Å². The van der Waals surface area contributed by atoms with Crippen LogP contribution in [-0.4, -0.2) is 52.5 Å². The first kappa shape index (κ1) is 11.3. The molecule has 2 aromatic heterocycles. The van der Waals surface area contributed by atoms with Crippen LogP contribution in [0.3, 0.4) is 0 Å². The lowest BCUT2D eigenvalue weighted by Crippen LogP contribution is -2.30. The first-order valence-corrected chi connectivity index (χ1v) is 6.27. The Labute approximate surface area is 106 Å². The van der Waals surface area contributed by atoms with Gasteiger partial charge in [-0.3, -0.25) is 0 Å². The molecule has 0 bridgehead atoms. The number of imidazole rings is 1. The van der Waals surface area contributed by atoms with Gasteiger partial charge in [0.1, 0.15) is 5.82 Å². The summed E-state index contributed by atoms with van der Waals surface area (Å²) in [7, 11) is 2.15. The van der Waals surface area contributed by atoms with Crippen molar-refractivity contribution in [1.82, 2.24) is 19.3 Å². The van der Waals surface area contributed by atoms with Crippen LogP contribution in [0.1, 0.15) is 6.42 Å². The van der Waals surface area contributed by atoms with E-state index in [4.69, 9.17) is 5.73 Å². The molecule has 0 aliphatic carbocycles. The minimum absolute atomic E-state index is 0.535. The number of anilines is 2. The Morgan fingerprint density at radius 1 is 1.22 bits per heavy atom. The molecule has 3 heterocycles. The number of fused-ring (bicyclic) bond motifs is 1. The predicted octanol–water partition coefficient (Wildman–Crippen LogP) is 0.453. The number of nitrogens with two attached hydrogens (primary N) is 1. The van der Waals surface area contributed by atoms with Crippen LogP contribution in [0.2, 0.25) is 0 Å². The number of likely N-dealkylation sites (N-methyl/N-ethyl adjacent to an activating group) is 1. The van der Waals surface area contributed by atoms with Crippen LogP contribution in [0.5, 0.6) is 0 Å². The molecule has 18 heavy (non-hydrogen) atoms. The average Bonchev–Trinajstić information content (AvgIpc) is 2.70. The van der Waals surface area contributed by atoms with Crippen molar-refractivity contribution in [2.75, 3.05) is 43.9 Å². The predicted molar refractivity (Wildman–Crippen MR) is 71.7 cm³/mol. The fraction of sp³-hybridized carbons (Fsp3) is 0.500. The first-order valence-electron chi connectivity index (χ1n) is 6.27. The Hall–Kier alpha value is -1.82. The van der Waals surface area contributed by atoms with E-state index in [9.17, 15) is 0 Å². The van der Waals surface area contributed by atoms with Crippen molar-refractivity contribution in [2.24, 2.45) is 0 Å². The second-order valence-corrected chi connectivity index (χ2v) is 4.79. The third-order valence-corrected chi connectivity index (χ3v) is 3.39. The van der Waals surface area contributed by atoms with Crippen molar-refractivity contribution in [3.05, 3.63) is 18.6 Å². The second kappa shape index (κ2) is 4.45. The lowest BCUT2D eigenvalue weighted by atomic mass is 10.4. The van der Waals surface area contributed by atoms with Gasteiger partial charge in [-0.25, -0.2) is 9.97 Å². The normalized spacial score (nSPS) is 18.2. The molecule has 0 saturated carbocycles. The topological polar surface area (TPSA) is 62.7 Å². The number of aromatic nitrogens is 3. The van der Waals surface area contributed by atoms with Gasteiger partial charge in [0.15, 0.2) is 11.5 Å². The van der Waals surface area contributed by atoms with Crippen molar-refractivity contribution in [3.8, 4) is 0 Å². The molecule has 6 nitrogen and oxygen atoms in total. The monoisotopic (exact) mass is 246 g/mol. The summed E-state index contributed by atoms with van der Waals surface area (Å²) >= 11 is 0. The smallest absolute Gasteiger partial charge is 0.180 e. The molecule has 3 rings (SSSR count). The van der Waals surface area contributed by atoms with E-state index in [1.807, 2.05) is 10.6 Å². The molecule has 96 valence electrons. The highest BCUT2D eigenvalue weighted by Crippen LogP contribution is 2.20. The Bertz CT molecular complexity index is 548. The molecule has 0 radical (unpaired) electrons. The Balaban J connectivity index is 1.99. The van der Waals surface area contributed by atoms with Crippen LogP contribution in [0.15, 0.2) is 18.6 Å². The van der Waals surface area contributed by atoms with Crippen LogP contribution >= 0.6 is 0 Å². The summed E-state index contributed by atoms with van der Waals surface area (Å²) in [4.78, 5) is 13.5. The van der Waals surface area contributed by atoms with Gasteiger partial charge in [0, 0.05) is 32.0 Å². The van der Waals surface area contributed by atoms with Crippen molar-refractivity contribution >= 4 is 17.3 Å². The van der Waals surface area contributed by atoms with E-state index in [2.05, 4.69) is 26.8 Å². The molecule has 2 N–H and O–H groups in total. The third kappa shape index (κ3) is 1.99. The number of rotatable bonds is 1. The number of hydrogen-bond donors (Lipinski definition) is 1. The van der Waals surface area contributed by atoms with Crippen molar-refractivity contribution in [2.45, 2.75) is 6.42 Å². The summed E-state index contributed by atoms with van der Waals surface area (Å²) in [6, 6.07) is 0. The third-order valence-electron chi connectivity index (χ3n) is 3.39. The number of hydrogen-bond acceptors (Lipinski definition) is 5. The summed E-state index contributed by atoms with van der Waals surface area (Å²) in [5.41, 5.74) is 6.74. The zero-order valence-electron chi connectivity index (χ0n) is 10.6. The van der Waals surface area contributed by atoms with Gasteiger partial charge in [0.2, 0.25) is 0 Å². The maximum absolute atomic E-state index is 5.86. The number of nitrogens with zero attached hydrogens (tertiary/aromatic N) is 5. The largest absolute Gasteiger partial charge is 0.382 e. The van der Waals surface area contributed by atoms with Crippen LogP contribution in [-0.2, 0) is 0 Å². The van der Waals surface area contributed by atoms with E-state index in [1.165, 1.54) is 0 Å². The van der Waals surface area contributed by atoms with E-state index >= 15 is 0 Å². The maximum Gasteiger partial charge on any atom is 0.180 e. The first-order chi connectivity index (χ1) is 8.74. The molecule has 0 aromatic carbocycles. The quantitative estimate of drug-likeness (QED) is 0.791. The Morgan fingerprint density at radius 2 is 2.11 bits per heavy atom. The highest BCUT2D eigenvalue weighted by Gasteiger charge is 2.17. The second-order valence-electron chi connectivity index (χ2n) is 4.79. The average molecular weight is 246 g/mol. The molecule has 0 atom stereocenters. The van der Waals surface area contributed by atoms with E-state index in [0.29, 0.717) is 5.82 Å². The van der Waals surface area contributed by atoms with Crippen LogP contribution in [0.25, 0.3) is 5.65 Å². The molecule has 6 heteroatoms. The molecule has 0 spiro atoms. The SMILES string of the molecule is CN1CCCN(c2nc(N)cn3ccnc23)CC1. The van der Waals surface area contributed by atoms with Gasteiger partial charge in [-0.2, -0.15) is 0 Å². The van der Waals surface area contributed by atoms with Gasteiger partial charge < -0.3 is 19.9 Å². The van der Waals surface area contributed by atoms with Crippen molar-refractivity contribution in [1.29, 1.82) is 0 Å². The van der Waals surface area contributed by atoms with Gasteiger partial charge in [0.05, 0.1) is 6.20 Å². The van der Waals surface area contributed by atoms with Gasteiger partial charge in [-0.1, -0.05) is 0 Å². The molecule has 1 saturated heterocycles. The summed E-state index contributed by atoms with van der Waals surface area (Å²) in [5, 5.41) is 0. The maximum atomic E-state index is 5.86. The lowest BCUT2D eigenvalue weighted by molar-refractivity contribution is 0.360. The van der Waals surface area contributed by atoms with Crippen LogP contribution < -0.4 is 10.6 Å². The molecular weight excluding hydrogens is 228 g/mol. The zero-order chi connectivity index (χ0) is 12.5. The molecule has 0 amide bonds. The fourth-order valence-corrected chi connectivity index (χ4v) is 2.40. The summed E-state index contributed by atoms with van der Waals surface area (Å²) in [6.45, 7) is 4.14. The molecule has 0 unspecified atom stereocenters. The van der Waals surface area contributed by atoms with E-state index in [0.717, 1.165) is 44.1 Å². The summed E-state index contributed by atoms with van der Waals surface area (Å²) in [5.74, 6) is 1.43. The van der Waals surface area contributed by atoms with Crippen LogP contribution in [0.4, 0.5) is 11.6 Å². The van der Waals surface area contributed by atoms with Crippen molar-refractivity contribution < 1.29 is 0 Å². The van der Waals surface area contributed by atoms with Gasteiger partial charge in [0.25, 0.3) is 0 Å². The van der Waals surface area contributed by atoms with E-state index < -0.39 is 0 Å². The number of nitrogen functional groups attached to an aromatic ring is 1. The molecule has 2 aromatic rings. The molecule has 1 aliphatic rings. The fourth-order valence-electron chi connectivity index (χ4n) is 2.40. The Morgan fingerprint density at radius 3 is 3.00 bits per heavy atom. The zero-order valence-corrected chi connectivity index (χ0v) is 10.6. The minimum atomic E-state index is 0.535. The molecule has 1 fully saturated rings. The summed E-state index contributed by atoms with van der Waals surface area (Å²) < 4.78 is 1.94. The Kier molecular flexibility index (Phi) is 2.79. The van der Waals surface area contributed by atoms with Crippen LogP contribution in [0, 0.1) is 0 Å². The van der Waals surface area contributed by atoms with Crippen molar-refractivity contribution in [3.63, 3.8) is 0 Å². The van der Waals surface area contributed by atoms with Gasteiger partial charge in [-0.05, 0) is 20.0 Å². The highest BCUT2D eigenvalue weighted by atomic mass is 15.3.